The van der Waals surface area contributed by atoms with Crippen molar-refractivity contribution in [3.63, 3.8) is 0 Å². The Balaban J connectivity index is 0.000000195. The third-order valence-electron chi connectivity index (χ3n) is 9.83. The Labute approximate surface area is 427 Å². The van der Waals surface area contributed by atoms with Gasteiger partial charge in [0.2, 0.25) is 27.9 Å². The summed E-state index contributed by atoms with van der Waals surface area (Å²) in [5.41, 5.74) is 9.54. The number of benzene rings is 3. The number of sulfonamides is 1. The van der Waals surface area contributed by atoms with Gasteiger partial charge >= 0.3 is 17.1 Å². The standard InChI is InChI=1S/C28H12N12.C12H17N7O8S3.C2H6.Cu/c1-2-6-14-13(5-1)21-33-22(14)36-26-19-20(32-12-11-31-19)28(40-26)38-24-16-8-4-3-7-15(16)23(34-24)37-27-18-17(25(35-21)39-27)29-9-10-30-18;1-29(21,22)15-5-4-14-11-17-10(13)18-12(19-11)16-8-6-7(30(23,24)25)2-3-9(8)28-27-26-20;1-2;/h1-12H;2-3,6,15,20H,4-5H2,1H3,(H,23,24,25)(H4,13,14,16,17,18,19);1-2H3;/q-2;;;+2. The van der Waals surface area contributed by atoms with Crippen molar-refractivity contribution in [3.8, 4) is 46.1 Å². The van der Waals surface area contributed by atoms with Crippen molar-refractivity contribution in [1.29, 1.82) is 0 Å². The molecule has 9 aromatic rings. The molecule has 6 aromatic heterocycles. The van der Waals surface area contributed by atoms with Gasteiger partial charge in [-0.3, -0.25) is 24.5 Å². The molecule has 7 N–H and O–H groups in total. The zero-order chi connectivity index (χ0) is 50.6. The van der Waals surface area contributed by atoms with Gasteiger partial charge in [0.1, 0.15) is 46.1 Å². The van der Waals surface area contributed by atoms with Crippen molar-refractivity contribution in [1.82, 2.24) is 79.5 Å². The second-order valence-electron chi connectivity index (χ2n) is 14.5. The van der Waals surface area contributed by atoms with Gasteiger partial charge in [-0.1, -0.05) is 67.4 Å². The quantitative estimate of drug-likeness (QED) is 0.0258. The Morgan fingerprint density at radius 3 is 1.47 bits per heavy atom. The largest absolute Gasteiger partial charge is 2.00 e. The van der Waals surface area contributed by atoms with Gasteiger partial charge in [0.05, 0.1) is 33.8 Å². The number of rotatable bonds is 11. The van der Waals surface area contributed by atoms with Gasteiger partial charge in [0.15, 0.2) is 0 Å². The van der Waals surface area contributed by atoms with Crippen molar-refractivity contribution in [3.05, 3.63) is 91.5 Å². The predicted molar refractivity (Wildman–Crippen MR) is 262 cm³/mol. The van der Waals surface area contributed by atoms with Crippen LogP contribution in [-0.4, -0.2) is 111 Å². The van der Waals surface area contributed by atoms with Crippen molar-refractivity contribution in [2.24, 2.45) is 0 Å². The molecule has 8 heterocycles. The molecule has 0 spiro atoms. The molecule has 11 rings (SSSR count). The van der Waals surface area contributed by atoms with Crippen molar-refractivity contribution in [2.45, 2.75) is 23.6 Å². The third-order valence-corrected chi connectivity index (χ3v) is 12.1. The molecule has 0 atom stereocenters. The monoisotopic (exact) mass is 1090 g/mol. The maximum Gasteiger partial charge on any atom is 2.00 e. The summed E-state index contributed by atoms with van der Waals surface area (Å²) >= 11 is 0.519. The minimum atomic E-state index is -4.52. The number of aromatic nitrogens is 15. The summed E-state index contributed by atoms with van der Waals surface area (Å²) in [7, 11) is -7.87. The van der Waals surface area contributed by atoms with E-state index in [0.29, 0.717) is 80.7 Å². The molecule has 375 valence electrons. The van der Waals surface area contributed by atoms with Gasteiger partial charge < -0.3 is 46.3 Å². The van der Waals surface area contributed by atoms with E-state index in [4.69, 9.17) is 50.9 Å². The Hall–Kier alpha value is -7.84. The van der Waals surface area contributed by atoms with Crippen LogP contribution >= 0.6 is 12.0 Å². The molecule has 0 saturated carbocycles. The maximum absolute atomic E-state index is 11.4. The SMILES string of the molecule is CC.CS(=O)(=O)NCCNc1nc(N)nc(Nc2cc(S(=O)(=O)O)ccc2SOOO)n1.[Cu+2].c1ccc2c3nc4nc(nc5[n-]c(nc6nc(nc([n-]3)c2c1)-c1nccnc1-6)c1ccccc51)-c1nccnc1-4. The van der Waals surface area contributed by atoms with Gasteiger partial charge in [0, 0.05) is 60.5 Å². The fraction of sp³-hybridized carbons (Fsp3) is 0.119. The molecule has 2 aliphatic rings. The second kappa shape index (κ2) is 21.9. The van der Waals surface area contributed by atoms with Crippen molar-refractivity contribution >= 4 is 99.9 Å². The molecule has 0 saturated heterocycles. The van der Waals surface area contributed by atoms with Crippen molar-refractivity contribution in [2.75, 3.05) is 35.7 Å². The maximum atomic E-state index is 11.4. The van der Waals surface area contributed by atoms with E-state index in [1.54, 1.807) is 24.8 Å². The Bertz CT molecular complexity index is 3630. The summed E-state index contributed by atoms with van der Waals surface area (Å²) in [6.45, 7) is 4.19. The van der Waals surface area contributed by atoms with Crippen LogP contribution in [-0.2, 0) is 46.6 Å². The van der Waals surface area contributed by atoms with E-state index in [-0.39, 0.29) is 58.6 Å². The molecule has 31 heteroatoms. The van der Waals surface area contributed by atoms with Crippen LogP contribution in [0, 0.1) is 0 Å². The van der Waals surface area contributed by atoms with E-state index in [1.165, 1.54) is 6.07 Å². The van der Waals surface area contributed by atoms with E-state index in [1.807, 2.05) is 62.4 Å². The van der Waals surface area contributed by atoms with Gasteiger partial charge in [-0.25, -0.2) is 28.4 Å². The molecular weight excluding hydrogens is 1060 g/mol. The van der Waals surface area contributed by atoms with E-state index >= 15 is 0 Å². The van der Waals surface area contributed by atoms with Crippen LogP contribution in [0.3, 0.4) is 0 Å². The van der Waals surface area contributed by atoms with Crippen LogP contribution in [0.15, 0.2) is 101 Å². The zero-order valence-electron chi connectivity index (χ0n) is 37.7. The molecule has 73 heavy (non-hydrogen) atoms. The van der Waals surface area contributed by atoms with E-state index < -0.39 is 25.0 Å². The summed E-state index contributed by atoms with van der Waals surface area (Å²) < 4.78 is 60.7. The van der Waals surface area contributed by atoms with Gasteiger partial charge in [0.25, 0.3) is 10.1 Å². The number of hydrogen-bond acceptors (Lipinski definition) is 24. The number of nitrogens with one attached hydrogen (secondary N) is 3. The zero-order valence-corrected chi connectivity index (χ0v) is 41.1. The topological polar surface area (TPSA) is 385 Å². The van der Waals surface area contributed by atoms with Gasteiger partial charge in [-0.05, 0) is 39.7 Å². The predicted octanol–water partition coefficient (Wildman–Crippen LogP) is 4.56. The van der Waals surface area contributed by atoms with E-state index in [0.717, 1.165) is 39.9 Å². The molecule has 0 aliphatic carbocycles. The molecular formula is C42H35CuN19O8S3. The summed E-state index contributed by atoms with van der Waals surface area (Å²) in [6, 6.07) is 18.9. The minimum absolute atomic E-state index is 0. The number of hydrogen-bond donors (Lipinski definition) is 6. The minimum Gasteiger partial charge on any atom is -0.368 e. The van der Waals surface area contributed by atoms with Crippen LogP contribution in [0.25, 0.3) is 90.2 Å². The first kappa shape index (κ1) is 51.5. The second-order valence-corrected chi connectivity index (χ2v) is 18.5. The average Bonchev–Trinajstić information content (AvgIpc) is 4.11. The molecule has 8 bridgehead atoms. The smallest absolute Gasteiger partial charge is 0.368 e. The first-order chi connectivity index (χ1) is 34.8. The first-order valence-corrected chi connectivity index (χ1v) is 25.1. The number of nitrogens with two attached hydrogens (primary N) is 1. The molecule has 27 nitrogen and oxygen atoms in total. The summed E-state index contributed by atoms with van der Waals surface area (Å²) in [5, 5.41) is 20.5. The van der Waals surface area contributed by atoms with E-state index in [9.17, 15) is 21.4 Å². The molecule has 0 amide bonds. The Morgan fingerprint density at radius 1 is 0.616 bits per heavy atom. The fourth-order valence-electron chi connectivity index (χ4n) is 6.93. The average molecular weight is 1090 g/mol. The number of anilines is 4. The van der Waals surface area contributed by atoms with Crippen molar-refractivity contribution < 1.29 is 53.1 Å². The molecule has 1 radical (unpaired) electrons. The number of fused-ring (bicyclic) bond motifs is 20. The Morgan fingerprint density at radius 2 is 1.05 bits per heavy atom. The first-order valence-electron chi connectivity index (χ1n) is 21.0. The summed E-state index contributed by atoms with van der Waals surface area (Å²) in [6.07, 6.45) is 7.42. The molecule has 3 aromatic carbocycles. The molecule has 0 unspecified atom stereocenters. The number of nitrogen functional groups attached to an aromatic ring is 1. The van der Waals surface area contributed by atoms with Gasteiger partial charge in [-0.15, -0.1) is 4.33 Å². The summed E-state index contributed by atoms with van der Waals surface area (Å²) in [4.78, 5) is 67.8. The van der Waals surface area contributed by atoms with Crippen LogP contribution < -0.4 is 31.1 Å². The Kier molecular flexibility index (Phi) is 15.4. The third kappa shape index (κ3) is 11.4. The molecule has 2 aliphatic heterocycles. The van der Waals surface area contributed by atoms with E-state index in [2.05, 4.69) is 59.6 Å². The van der Waals surface area contributed by atoms with Crippen LogP contribution in [0.5, 0.6) is 0 Å². The van der Waals surface area contributed by atoms with Crippen LogP contribution in [0.2, 0.25) is 0 Å². The summed E-state index contributed by atoms with van der Waals surface area (Å²) in [5.74, 6) is 1.13. The number of nitrogens with zero attached hydrogens (tertiary/aromatic N) is 15. The van der Waals surface area contributed by atoms with Crippen LogP contribution in [0.1, 0.15) is 13.8 Å². The fourth-order valence-corrected chi connectivity index (χ4v) is 8.34. The van der Waals surface area contributed by atoms with Gasteiger partial charge in [-0.2, -0.15) is 23.4 Å². The molecule has 0 fully saturated rings. The van der Waals surface area contributed by atoms with Crippen LogP contribution in [0.4, 0.5) is 23.5 Å². The normalized spacial score (nSPS) is 11.6.